The molecule has 0 rings (SSSR count). The summed E-state index contributed by atoms with van der Waals surface area (Å²) in [6.45, 7) is 18.4. The Morgan fingerprint density at radius 2 is 1.88 bits per heavy atom. The molecule has 0 saturated carbocycles. The van der Waals surface area contributed by atoms with Crippen LogP contribution in [0.15, 0.2) is 53.2 Å². The van der Waals surface area contributed by atoms with E-state index in [-0.39, 0.29) is 0 Å². The van der Waals surface area contributed by atoms with Crippen molar-refractivity contribution in [1.29, 1.82) is 0 Å². The number of rotatable bonds is 6. The summed E-state index contributed by atoms with van der Waals surface area (Å²) >= 11 is 0. The molecule has 0 N–H and O–H groups in total. The van der Waals surface area contributed by atoms with Gasteiger partial charge in [-0.25, -0.2) is 0 Å². The van der Waals surface area contributed by atoms with Crippen LogP contribution in [-0.2, 0) is 0 Å². The van der Waals surface area contributed by atoms with E-state index in [9.17, 15) is 0 Å². The third-order valence-corrected chi connectivity index (χ3v) is 2.74. The normalized spacial score (nSPS) is 14.2. The maximum absolute atomic E-state index is 4.42. The molecule has 1 atom stereocenters. The van der Waals surface area contributed by atoms with E-state index in [1.54, 1.807) is 0 Å². The quantitative estimate of drug-likeness (QED) is 0.446. The molecule has 1 heteroatoms. The van der Waals surface area contributed by atoms with Crippen molar-refractivity contribution in [2.45, 2.75) is 41.0 Å². The van der Waals surface area contributed by atoms with E-state index in [4.69, 9.17) is 0 Å². The largest absolute Gasteiger partial charge is 0.261 e. The summed E-state index contributed by atoms with van der Waals surface area (Å²) < 4.78 is 0. The molecule has 0 aliphatic heterocycles. The van der Waals surface area contributed by atoms with Crippen LogP contribution in [0.2, 0.25) is 0 Å². The highest BCUT2D eigenvalue weighted by atomic mass is 14.7. The van der Waals surface area contributed by atoms with Gasteiger partial charge in [0, 0.05) is 11.9 Å². The summed E-state index contributed by atoms with van der Waals surface area (Å²) in [5, 5.41) is 0. The zero-order valence-corrected chi connectivity index (χ0v) is 11.9. The van der Waals surface area contributed by atoms with Gasteiger partial charge >= 0.3 is 0 Å². The third-order valence-electron chi connectivity index (χ3n) is 2.74. The second-order valence-electron chi connectivity index (χ2n) is 4.57. The summed E-state index contributed by atoms with van der Waals surface area (Å²) in [6, 6.07) is 0. The fraction of sp³-hybridized carbons (Fsp3) is 0.438. The first-order valence-corrected chi connectivity index (χ1v) is 6.14. The first-order chi connectivity index (χ1) is 7.93. The van der Waals surface area contributed by atoms with Crippen molar-refractivity contribution in [2.75, 3.05) is 0 Å². The Morgan fingerprint density at radius 3 is 2.29 bits per heavy atom. The second-order valence-corrected chi connectivity index (χ2v) is 4.57. The monoisotopic (exact) mass is 231 g/mol. The topological polar surface area (TPSA) is 12.4 Å². The predicted molar refractivity (Wildman–Crippen MR) is 79.4 cm³/mol. The average Bonchev–Trinajstić information content (AvgIpc) is 2.31. The molecular formula is C16H25N. The Kier molecular flexibility index (Phi) is 7.20. The SMILES string of the molecule is C=C/C=C(\C(=C)C(C)=NC=C(C)C)C(C)CC. The molecule has 0 fully saturated rings. The van der Waals surface area contributed by atoms with Crippen molar-refractivity contribution in [3.8, 4) is 0 Å². The average molecular weight is 231 g/mol. The maximum atomic E-state index is 4.42. The van der Waals surface area contributed by atoms with Crippen LogP contribution < -0.4 is 0 Å². The van der Waals surface area contributed by atoms with Gasteiger partial charge in [-0.15, -0.1) is 0 Å². The van der Waals surface area contributed by atoms with E-state index < -0.39 is 0 Å². The Morgan fingerprint density at radius 1 is 1.29 bits per heavy atom. The van der Waals surface area contributed by atoms with Gasteiger partial charge in [0.2, 0.25) is 0 Å². The Bertz CT molecular complexity index is 363. The Balaban J connectivity index is 5.11. The predicted octanol–water partition coefficient (Wildman–Crippen LogP) is 5.09. The van der Waals surface area contributed by atoms with Crippen molar-refractivity contribution in [1.82, 2.24) is 0 Å². The van der Waals surface area contributed by atoms with Crippen LogP contribution in [0.5, 0.6) is 0 Å². The zero-order chi connectivity index (χ0) is 13.4. The summed E-state index contributed by atoms with van der Waals surface area (Å²) in [5.41, 5.74) is 4.40. The fourth-order valence-corrected chi connectivity index (χ4v) is 1.42. The van der Waals surface area contributed by atoms with E-state index in [0.29, 0.717) is 5.92 Å². The minimum atomic E-state index is 0.484. The molecule has 0 aliphatic carbocycles. The van der Waals surface area contributed by atoms with Gasteiger partial charge in [-0.1, -0.05) is 44.7 Å². The van der Waals surface area contributed by atoms with Gasteiger partial charge in [0.1, 0.15) is 0 Å². The molecule has 0 spiro atoms. The molecule has 0 heterocycles. The third kappa shape index (κ3) is 5.48. The lowest BCUT2D eigenvalue weighted by Crippen LogP contribution is -2.06. The smallest absolute Gasteiger partial charge is 0.0441 e. The zero-order valence-electron chi connectivity index (χ0n) is 11.9. The molecule has 0 bridgehead atoms. The van der Waals surface area contributed by atoms with Crippen molar-refractivity contribution < 1.29 is 0 Å². The maximum Gasteiger partial charge on any atom is 0.0441 e. The van der Waals surface area contributed by atoms with Gasteiger partial charge in [-0.2, -0.15) is 0 Å². The summed E-state index contributed by atoms with van der Waals surface area (Å²) in [6.07, 6.45) is 6.83. The van der Waals surface area contributed by atoms with Crippen molar-refractivity contribution in [2.24, 2.45) is 10.9 Å². The Hall–Kier alpha value is -1.37. The fourth-order valence-electron chi connectivity index (χ4n) is 1.42. The summed E-state index contributed by atoms with van der Waals surface area (Å²) in [7, 11) is 0. The van der Waals surface area contributed by atoms with Crippen LogP contribution in [0.1, 0.15) is 41.0 Å². The molecule has 1 nitrogen and oxygen atoms in total. The van der Waals surface area contributed by atoms with Gasteiger partial charge < -0.3 is 0 Å². The highest BCUT2D eigenvalue weighted by Crippen LogP contribution is 2.22. The molecule has 0 aliphatic rings. The number of hydrogen-bond donors (Lipinski definition) is 0. The van der Waals surface area contributed by atoms with E-state index in [1.165, 1.54) is 11.1 Å². The summed E-state index contributed by atoms with van der Waals surface area (Å²) in [5.74, 6) is 0.484. The van der Waals surface area contributed by atoms with Crippen LogP contribution in [0.3, 0.4) is 0 Å². The molecule has 0 aromatic carbocycles. The lowest BCUT2D eigenvalue weighted by atomic mass is 9.90. The van der Waals surface area contributed by atoms with Gasteiger partial charge in [-0.3, -0.25) is 4.99 Å². The number of aliphatic imine (C=N–C) groups is 1. The molecule has 0 radical (unpaired) electrons. The number of nitrogens with zero attached hydrogens (tertiary/aromatic N) is 1. The second kappa shape index (κ2) is 7.83. The minimum absolute atomic E-state index is 0.484. The van der Waals surface area contributed by atoms with Crippen LogP contribution in [0.4, 0.5) is 0 Å². The van der Waals surface area contributed by atoms with Gasteiger partial charge in [0.15, 0.2) is 0 Å². The molecular weight excluding hydrogens is 206 g/mol. The number of hydrogen-bond acceptors (Lipinski definition) is 1. The van der Waals surface area contributed by atoms with Gasteiger partial charge in [-0.05, 0) is 44.3 Å². The molecule has 0 amide bonds. The Labute approximate surface area is 106 Å². The number of allylic oxidation sites excluding steroid dienone is 5. The lowest BCUT2D eigenvalue weighted by molar-refractivity contribution is 0.667. The highest BCUT2D eigenvalue weighted by molar-refractivity contribution is 6.02. The van der Waals surface area contributed by atoms with Crippen molar-refractivity contribution in [3.63, 3.8) is 0 Å². The van der Waals surface area contributed by atoms with Crippen molar-refractivity contribution >= 4 is 5.71 Å². The highest BCUT2D eigenvalue weighted by Gasteiger charge is 2.11. The van der Waals surface area contributed by atoms with E-state index in [2.05, 4.69) is 32.0 Å². The van der Waals surface area contributed by atoms with E-state index >= 15 is 0 Å². The first kappa shape index (κ1) is 15.6. The molecule has 1 unspecified atom stereocenters. The molecule has 94 valence electrons. The van der Waals surface area contributed by atoms with Gasteiger partial charge in [0.25, 0.3) is 0 Å². The van der Waals surface area contributed by atoms with E-state index in [0.717, 1.165) is 17.7 Å². The van der Waals surface area contributed by atoms with Crippen LogP contribution >= 0.6 is 0 Å². The first-order valence-electron chi connectivity index (χ1n) is 6.14. The van der Waals surface area contributed by atoms with Gasteiger partial charge in [0.05, 0.1) is 0 Å². The molecule has 0 aromatic rings. The molecule has 0 saturated heterocycles. The molecule has 0 aromatic heterocycles. The summed E-state index contributed by atoms with van der Waals surface area (Å²) in [4.78, 5) is 4.42. The lowest BCUT2D eigenvalue weighted by Gasteiger charge is -2.16. The van der Waals surface area contributed by atoms with Crippen molar-refractivity contribution in [3.05, 3.63) is 48.2 Å². The standard InChI is InChI=1S/C16H25N/c1-8-10-16(13(5)9-2)14(6)15(7)17-11-12(3)4/h8,10-11,13H,1,6,9H2,2-5,7H3/b16-10-,17-15?. The van der Waals surface area contributed by atoms with Crippen LogP contribution in [0.25, 0.3) is 0 Å². The molecule has 17 heavy (non-hydrogen) atoms. The van der Waals surface area contributed by atoms with Crippen LogP contribution in [0, 0.1) is 5.92 Å². The minimum Gasteiger partial charge on any atom is -0.261 e. The van der Waals surface area contributed by atoms with E-state index in [1.807, 2.05) is 39.1 Å². The van der Waals surface area contributed by atoms with Crippen LogP contribution in [-0.4, -0.2) is 5.71 Å².